The molecule has 0 saturated carbocycles. The molecule has 0 radical (unpaired) electrons. The number of anilines is 1. The molecular formula is C23H23N3O4. The standard InChI is InChI=1S/C23H23N3O4/c1-15-18-5-3-4-6-19(18)30-20(15)13-25(2)21(28)9-7-16-11-17-8-10-22(29)26(14-27)23(17)24-12-16/h3-7,9,11-12,27H,8,10,13-14H2,1-2H3/b9-7+. The van der Waals surface area contributed by atoms with Gasteiger partial charge in [-0.1, -0.05) is 18.2 Å². The molecule has 30 heavy (non-hydrogen) atoms. The van der Waals surface area contributed by atoms with Gasteiger partial charge in [0, 0.05) is 36.7 Å². The van der Waals surface area contributed by atoms with Crippen molar-refractivity contribution in [3.63, 3.8) is 0 Å². The Morgan fingerprint density at radius 3 is 2.90 bits per heavy atom. The van der Waals surface area contributed by atoms with E-state index in [1.807, 2.05) is 37.3 Å². The molecule has 0 saturated heterocycles. The summed E-state index contributed by atoms with van der Waals surface area (Å²) in [6.45, 7) is 1.98. The van der Waals surface area contributed by atoms with Gasteiger partial charge in [-0.3, -0.25) is 14.5 Å². The van der Waals surface area contributed by atoms with Gasteiger partial charge in [0.2, 0.25) is 11.8 Å². The Morgan fingerprint density at radius 2 is 2.13 bits per heavy atom. The fraction of sp³-hybridized carbons (Fsp3) is 0.261. The van der Waals surface area contributed by atoms with Crippen LogP contribution in [0.1, 0.15) is 28.9 Å². The first-order chi connectivity index (χ1) is 14.5. The van der Waals surface area contributed by atoms with E-state index in [1.165, 1.54) is 11.0 Å². The number of furan rings is 1. The highest BCUT2D eigenvalue weighted by atomic mass is 16.3. The topological polar surface area (TPSA) is 86.9 Å². The highest BCUT2D eigenvalue weighted by Gasteiger charge is 2.24. The summed E-state index contributed by atoms with van der Waals surface area (Å²) in [7, 11) is 1.73. The molecule has 0 spiro atoms. The van der Waals surface area contributed by atoms with Gasteiger partial charge in [0.1, 0.15) is 23.9 Å². The number of benzene rings is 1. The quantitative estimate of drug-likeness (QED) is 0.660. The summed E-state index contributed by atoms with van der Waals surface area (Å²) < 4.78 is 5.89. The van der Waals surface area contributed by atoms with Crippen LogP contribution in [0.2, 0.25) is 0 Å². The molecule has 7 heteroatoms. The molecule has 0 atom stereocenters. The maximum Gasteiger partial charge on any atom is 0.246 e. The van der Waals surface area contributed by atoms with E-state index in [-0.39, 0.29) is 11.8 Å². The largest absolute Gasteiger partial charge is 0.459 e. The van der Waals surface area contributed by atoms with Crippen molar-refractivity contribution >= 4 is 34.7 Å². The summed E-state index contributed by atoms with van der Waals surface area (Å²) in [5.41, 5.74) is 3.50. The van der Waals surface area contributed by atoms with Gasteiger partial charge >= 0.3 is 0 Å². The summed E-state index contributed by atoms with van der Waals surface area (Å²) in [4.78, 5) is 31.6. The number of hydrogen-bond donors (Lipinski definition) is 1. The Hall–Kier alpha value is -3.45. The van der Waals surface area contributed by atoms with E-state index < -0.39 is 6.73 Å². The minimum Gasteiger partial charge on any atom is -0.459 e. The second-order valence-electron chi connectivity index (χ2n) is 7.39. The number of pyridine rings is 1. The number of nitrogens with zero attached hydrogens (tertiary/aromatic N) is 3. The van der Waals surface area contributed by atoms with Gasteiger partial charge in [-0.2, -0.15) is 0 Å². The van der Waals surface area contributed by atoms with Crippen molar-refractivity contribution in [2.24, 2.45) is 0 Å². The third kappa shape index (κ3) is 3.71. The van der Waals surface area contributed by atoms with Crippen molar-refractivity contribution in [3.8, 4) is 0 Å². The number of amides is 2. The lowest BCUT2D eigenvalue weighted by atomic mass is 10.0. The van der Waals surface area contributed by atoms with E-state index in [0.717, 1.165) is 33.4 Å². The zero-order valence-corrected chi connectivity index (χ0v) is 17.0. The number of rotatable bonds is 5. The van der Waals surface area contributed by atoms with E-state index in [4.69, 9.17) is 4.42 Å². The number of para-hydroxylation sites is 1. The van der Waals surface area contributed by atoms with Crippen LogP contribution < -0.4 is 4.90 Å². The van der Waals surface area contributed by atoms with Gasteiger partial charge in [-0.25, -0.2) is 4.98 Å². The normalized spacial score (nSPS) is 13.8. The molecule has 1 aromatic carbocycles. The lowest BCUT2D eigenvalue weighted by Gasteiger charge is -2.26. The van der Waals surface area contributed by atoms with Crippen molar-refractivity contribution in [2.45, 2.75) is 26.3 Å². The maximum absolute atomic E-state index is 12.6. The van der Waals surface area contributed by atoms with E-state index in [1.54, 1.807) is 24.2 Å². The predicted molar refractivity (Wildman–Crippen MR) is 114 cm³/mol. The monoisotopic (exact) mass is 405 g/mol. The highest BCUT2D eigenvalue weighted by molar-refractivity contribution is 5.95. The summed E-state index contributed by atoms with van der Waals surface area (Å²) in [5.74, 6) is 0.956. The van der Waals surface area contributed by atoms with Crippen LogP contribution in [0.3, 0.4) is 0 Å². The first-order valence-corrected chi connectivity index (χ1v) is 9.78. The van der Waals surface area contributed by atoms with Crippen LogP contribution in [-0.4, -0.2) is 40.6 Å². The van der Waals surface area contributed by atoms with Crippen LogP contribution in [0.4, 0.5) is 5.82 Å². The number of aromatic nitrogens is 1. The Labute approximate surface area is 174 Å². The summed E-state index contributed by atoms with van der Waals surface area (Å²) >= 11 is 0. The number of hydrogen-bond acceptors (Lipinski definition) is 5. The van der Waals surface area contributed by atoms with Gasteiger partial charge in [-0.15, -0.1) is 0 Å². The molecule has 0 aliphatic carbocycles. The van der Waals surface area contributed by atoms with Gasteiger partial charge in [0.25, 0.3) is 0 Å². The predicted octanol–water partition coefficient (Wildman–Crippen LogP) is 3.04. The fourth-order valence-electron chi connectivity index (χ4n) is 3.64. The summed E-state index contributed by atoms with van der Waals surface area (Å²) in [6.07, 6.45) is 5.70. The second-order valence-corrected chi connectivity index (χ2v) is 7.39. The molecule has 0 unspecified atom stereocenters. The number of carbonyl (C=O) groups excluding carboxylic acids is 2. The number of aliphatic hydroxyl groups is 1. The van der Waals surface area contributed by atoms with Crippen LogP contribution in [0, 0.1) is 6.92 Å². The third-order valence-electron chi connectivity index (χ3n) is 5.39. The number of aliphatic hydroxyl groups excluding tert-OH is 1. The Morgan fingerprint density at radius 1 is 1.33 bits per heavy atom. The number of fused-ring (bicyclic) bond motifs is 2. The molecule has 154 valence electrons. The molecule has 2 aromatic heterocycles. The van der Waals surface area contributed by atoms with Crippen LogP contribution in [0.25, 0.3) is 17.0 Å². The van der Waals surface area contributed by atoms with Crippen molar-refractivity contribution < 1.29 is 19.1 Å². The lowest BCUT2D eigenvalue weighted by molar-refractivity contribution is -0.125. The molecular weight excluding hydrogens is 382 g/mol. The SMILES string of the molecule is Cc1c(CN(C)C(=O)/C=C/c2cnc3c(c2)CCC(=O)N3CO)oc2ccccc12. The molecule has 0 fully saturated rings. The van der Waals surface area contributed by atoms with Gasteiger partial charge < -0.3 is 14.4 Å². The summed E-state index contributed by atoms with van der Waals surface area (Å²) in [6, 6.07) is 9.71. The molecule has 0 bridgehead atoms. The first kappa shape index (κ1) is 19.8. The number of aryl methyl sites for hydroxylation is 2. The molecule has 1 aliphatic rings. The maximum atomic E-state index is 12.6. The van der Waals surface area contributed by atoms with Crippen LogP contribution in [-0.2, 0) is 22.6 Å². The minimum absolute atomic E-state index is 0.140. The van der Waals surface area contributed by atoms with E-state index in [0.29, 0.717) is 25.2 Å². The average Bonchev–Trinajstić information content (AvgIpc) is 3.07. The average molecular weight is 405 g/mol. The van der Waals surface area contributed by atoms with E-state index in [2.05, 4.69) is 4.98 Å². The van der Waals surface area contributed by atoms with Crippen LogP contribution in [0.15, 0.2) is 47.0 Å². The lowest BCUT2D eigenvalue weighted by Crippen LogP contribution is -2.36. The van der Waals surface area contributed by atoms with E-state index in [9.17, 15) is 14.7 Å². The molecule has 4 rings (SSSR count). The van der Waals surface area contributed by atoms with Crippen molar-refractivity contribution in [2.75, 3.05) is 18.7 Å². The zero-order chi connectivity index (χ0) is 21.3. The molecule has 1 aliphatic heterocycles. The van der Waals surface area contributed by atoms with Crippen LogP contribution >= 0.6 is 0 Å². The second kappa shape index (κ2) is 8.12. The van der Waals surface area contributed by atoms with Crippen molar-refractivity contribution in [3.05, 3.63) is 65.1 Å². The fourth-order valence-corrected chi connectivity index (χ4v) is 3.64. The van der Waals surface area contributed by atoms with Gasteiger partial charge in [0.05, 0.1) is 6.54 Å². The van der Waals surface area contributed by atoms with Gasteiger partial charge in [-0.05, 0) is 42.7 Å². The number of likely N-dealkylation sites (N-methyl/N-ethyl adjacent to an activating group) is 1. The Kier molecular flexibility index (Phi) is 5.37. The van der Waals surface area contributed by atoms with Crippen LogP contribution in [0.5, 0.6) is 0 Å². The summed E-state index contributed by atoms with van der Waals surface area (Å²) in [5, 5.41) is 10.4. The Bertz CT molecular complexity index is 1150. The molecule has 7 nitrogen and oxygen atoms in total. The highest BCUT2D eigenvalue weighted by Crippen LogP contribution is 2.27. The zero-order valence-electron chi connectivity index (χ0n) is 17.0. The molecule has 3 aromatic rings. The molecule has 3 heterocycles. The minimum atomic E-state index is -0.390. The third-order valence-corrected chi connectivity index (χ3v) is 5.39. The van der Waals surface area contributed by atoms with Crippen molar-refractivity contribution in [1.82, 2.24) is 9.88 Å². The van der Waals surface area contributed by atoms with E-state index >= 15 is 0 Å². The number of carbonyl (C=O) groups is 2. The molecule has 1 N–H and O–H groups in total. The Balaban J connectivity index is 1.46. The first-order valence-electron chi connectivity index (χ1n) is 9.78. The van der Waals surface area contributed by atoms with Crippen molar-refractivity contribution in [1.29, 1.82) is 0 Å². The smallest absolute Gasteiger partial charge is 0.246 e. The molecule has 2 amide bonds. The van der Waals surface area contributed by atoms with Gasteiger partial charge in [0.15, 0.2) is 0 Å².